The third-order valence-corrected chi connectivity index (χ3v) is 3.86. The fourth-order valence-electron chi connectivity index (χ4n) is 1.10. The zero-order chi connectivity index (χ0) is 12.1. The first-order valence-corrected chi connectivity index (χ1v) is 6.43. The molecule has 0 radical (unpaired) electrons. The molecule has 6 heteroatoms. The summed E-state index contributed by atoms with van der Waals surface area (Å²) >= 11 is 13.7. The molecule has 0 unspecified atom stereocenters. The predicted octanol–water partition coefficient (Wildman–Crippen LogP) is 2.71. The molecular formula is C10H10Cl2INO2. The Morgan fingerprint density at radius 1 is 1.44 bits per heavy atom. The molecule has 0 aliphatic carbocycles. The van der Waals surface area contributed by atoms with Crippen molar-refractivity contribution in [2.45, 2.75) is 6.42 Å². The summed E-state index contributed by atoms with van der Waals surface area (Å²) in [6.07, 6.45) is 0.524. The van der Waals surface area contributed by atoms with Crippen molar-refractivity contribution in [2.24, 2.45) is 0 Å². The Hall–Kier alpha value is -0.0400. The number of hydrogen-bond acceptors (Lipinski definition) is 2. The van der Waals surface area contributed by atoms with Crippen molar-refractivity contribution >= 4 is 51.7 Å². The minimum atomic E-state index is -0.234. The molecule has 1 aromatic carbocycles. The van der Waals surface area contributed by atoms with E-state index >= 15 is 0 Å². The van der Waals surface area contributed by atoms with Crippen molar-refractivity contribution < 1.29 is 9.90 Å². The summed E-state index contributed by atoms with van der Waals surface area (Å²) in [5.41, 5.74) is 0.455. The minimum Gasteiger partial charge on any atom is -0.396 e. The van der Waals surface area contributed by atoms with E-state index < -0.39 is 0 Å². The van der Waals surface area contributed by atoms with Gasteiger partial charge in [0, 0.05) is 21.7 Å². The highest BCUT2D eigenvalue weighted by molar-refractivity contribution is 14.1. The molecule has 0 aliphatic rings. The number of carbonyl (C=O) groups is 1. The molecule has 0 saturated carbocycles. The van der Waals surface area contributed by atoms with Crippen LogP contribution in [-0.2, 0) is 0 Å². The summed E-state index contributed by atoms with van der Waals surface area (Å²) in [6, 6.07) is 3.17. The standard InChI is InChI=1S/C10H10Cl2INO2/c11-6-4-7(9(13)8(12)5-6)10(16)14-2-1-3-15/h4-5,15H,1-3H2,(H,14,16). The predicted molar refractivity (Wildman–Crippen MR) is 73.2 cm³/mol. The van der Waals surface area contributed by atoms with Gasteiger partial charge in [0.15, 0.2) is 0 Å². The topological polar surface area (TPSA) is 49.3 Å². The Kier molecular flexibility index (Phi) is 5.82. The Balaban J connectivity index is 2.82. The highest BCUT2D eigenvalue weighted by atomic mass is 127. The molecule has 1 amide bonds. The summed E-state index contributed by atoms with van der Waals surface area (Å²) in [6.45, 7) is 0.475. The van der Waals surface area contributed by atoms with Crippen molar-refractivity contribution in [1.29, 1.82) is 0 Å². The second-order valence-corrected chi connectivity index (χ2v) is 5.00. The van der Waals surface area contributed by atoms with E-state index in [1.807, 2.05) is 22.6 Å². The number of nitrogens with one attached hydrogen (secondary N) is 1. The number of amides is 1. The lowest BCUT2D eigenvalue weighted by molar-refractivity contribution is 0.0950. The Bertz CT molecular complexity index is 399. The van der Waals surface area contributed by atoms with Gasteiger partial charge in [0.1, 0.15) is 0 Å². The summed E-state index contributed by atoms with van der Waals surface area (Å²) in [4.78, 5) is 11.7. The van der Waals surface area contributed by atoms with Gasteiger partial charge in [-0.3, -0.25) is 4.79 Å². The van der Waals surface area contributed by atoms with Gasteiger partial charge >= 0.3 is 0 Å². The molecule has 16 heavy (non-hydrogen) atoms. The first-order valence-electron chi connectivity index (χ1n) is 4.60. The molecule has 0 aliphatic heterocycles. The first-order chi connectivity index (χ1) is 7.56. The van der Waals surface area contributed by atoms with Gasteiger partial charge in [0.25, 0.3) is 5.91 Å². The van der Waals surface area contributed by atoms with E-state index in [4.69, 9.17) is 28.3 Å². The van der Waals surface area contributed by atoms with E-state index in [1.165, 1.54) is 0 Å². The molecule has 0 atom stereocenters. The molecule has 0 spiro atoms. The van der Waals surface area contributed by atoms with Crippen molar-refractivity contribution in [3.63, 3.8) is 0 Å². The van der Waals surface area contributed by atoms with Gasteiger partial charge in [0.05, 0.1) is 10.6 Å². The van der Waals surface area contributed by atoms with E-state index in [-0.39, 0.29) is 12.5 Å². The fraction of sp³-hybridized carbons (Fsp3) is 0.300. The summed E-state index contributed by atoms with van der Waals surface area (Å²) in [7, 11) is 0. The van der Waals surface area contributed by atoms with Gasteiger partial charge < -0.3 is 10.4 Å². The monoisotopic (exact) mass is 373 g/mol. The normalized spacial score (nSPS) is 10.2. The van der Waals surface area contributed by atoms with E-state index in [1.54, 1.807) is 12.1 Å². The molecular weight excluding hydrogens is 364 g/mol. The number of hydrogen-bond donors (Lipinski definition) is 2. The van der Waals surface area contributed by atoms with Gasteiger partial charge in [-0.2, -0.15) is 0 Å². The maximum atomic E-state index is 11.7. The molecule has 3 nitrogen and oxygen atoms in total. The van der Waals surface area contributed by atoms with Crippen LogP contribution in [0.25, 0.3) is 0 Å². The van der Waals surface area contributed by atoms with Crippen LogP contribution in [0.1, 0.15) is 16.8 Å². The van der Waals surface area contributed by atoms with Gasteiger partial charge in [-0.05, 0) is 41.1 Å². The van der Waals surface area contributed by atoms with Crippen LogP contribution in [0, 0.1) is 3.57 Å². The zero-order valence-electron chi connectivity index (χ0n) is 8.27. The molecule has 0 saturated heterocycles. The maximum Gasteiger partial charge on any atom is 0.252 e. The van der Waals surface area contributed by atoms with Gasteiger partial charge in [-0.25, -0.2) is 0 Å². The molecule has 1 rings (SSSR count). The summed E-state index contributed by atoms with van der Waals surface area (Å²) in [5, 5.41) is 12.2. The van der Waals surface area contributed by atoms with Crippen molar-refractivity contribution in [3.05, 3.63) is 31.3 Å². The van der Waals surface area contributed by atoms with Crippen LogP contribution in [-0.4, -0.2) is 24.2 Å². The molecule has 1 aromatic rings. The van der Waals surface area contributed by atoms with Crippen molar-refractivity contribution in [1.82, 2.24) is 5.32 Å². The largest absolute Gasteiger partial charge is 0.396 e. The molecule has 0 fully saturated rings. The van der Waals surface area contributed by atoms with Crippen molar-refractivity contribution in [3.8, 4) is 0 Å². The van der Waals surface area contributed by atoms with Crippen LogP contribution in [0.4, 0.5) is 0 Å². The number of carbonyl (C=O) groups excluding carboxylic acids is 1. The average Bonchev–Trinajstić information content (AvgIpc) is 2.23. The first kappa shape index (κ1) is 14.0. The lowest BCUT2D eigenvalue weighted by atomic mass is 10.2. The van der Waals surface area contributed by atoms with Gasteiger partial charge in [0.2, 0.25) is 0 Å². The third-order valence-electron chi connectivity index (χ3n) is 1.86. The van der Waals surface area contributed by atoms with Gasteiger partial charge in [-0.1, -0.05) is 23.2 Å². The lowest BCUT2D eigenvalue weighted by Gasteiger charge is -2.08. The zero-order valence-corrected chi connectivity index (χ0v) is 11.9. The number of aliphatic hydroxyl groups is 1. The van der Waals surface area contributed by atoms with E-state index in [2.05, 4.69) is 5.32 Å². The van der Waals surface area contributed by atoms with E-state index in [0.717, 1.165) is 0 Å². The minimum absolute atomic E-state index is 0.0493. The third kappa shape index (κ3) is 3.76. The lowest BCUT2D eigenvalue weighted by Crippen LogP contribution is -2.25. The number of halogens is 3. The van der Waals surface area contributed by atoms with Gasteiger partial charge in [-0.15, -0.1) is 0 Å². The Morgan fingerprint density at radius 2 is 2.12 bits per heavy atom. The van der Waals surface area contributed by atoms with Crippen molar-refractivity contribution in [2.75, 3.05) is 13.2 Å². The molecule has 0 heterocycles. The molecule has 2 N–H and O–H groups in total. The average molecular weight is 374 g/mol. The van der Waals surface area contributed by atoms with E-state index in [0.29, 0.717) is 32.1 Å². The second kappa shape index (κ2) is 6.64. The maximum absolute atomic E-state index is 11.7. The smallest absolute Gasteiger partial charge is 0.252 e. The number of aliphatic hydroxyl groups excluding tert-OH is 1. The quantitative estimate of drug-likeness (QED) is 0.484. The molecule has 0 bridgehead atoms. The number of benzene rings is 1. The van der Waals surface area contributed by atoms with E-state index in [9.17, 15) is 4.79 Å². The summed E-state index contributed by atoms with van der Waals surface area (Å²) in [5.74, 6) is -0.234. The molecule has 88 valence electrons. The fourth-order valence-corrected chi connectivity index (χ4v) is 2.15. The van der Waals surface area contributed by atoms with Crippen LogP contribution in [0.15, 0.2) is 12.1 Å². The van der Waals surface area contributed by atoms with Crippen LogP contribution in [0.2, 0.25) is 10.0 Å². The van der Waals surface area contributed by atoms with Crippen LogP contribution >= 0.6 is 45.8 Å². The Morgan fingerprint density at radius 3 is 2.75 bits per heavy atom. The SMILES string of the molecule is O=C(NCCCO)c1cc(Cl)cc(Cl)c1I. The summed E-state index contributed by atoms with van der Waals surface area (Å²) < 4.78 is 0.671. The second-order valence-electron chi connectivity index (χ2n) is 3.08. The highest BCUT2D eigenvalue weighted by Crippen LogP contribution is 2.26. The van der Waals surface area contributed by atoms with Crippen LogP contribution in [0.3, 0.4) is 0 Å². The number of rotatable bonds is 4. The molecule has 0 aromatic heterocycles. The highest BCUT2D eigenvalue weighted by Gasteiger charge is 2.13. The van der Waals surface area contributed by atoms with Crippen LogP contribution < -0.4 is 5.32 Å². The van der Waals surface area contributed by atoms with Crippen LogP contribution in [0.5, 0.6) is 0 Å². The Labute approximate surface area is 117 Å².